The second-order valence-corrected chi connectivity index (χ2v) is 6.89. The van der Waals surface area contributed by atoms with Gasteiger partial charge in [-0.05, 0) is 32.6 Å². The molecule has 0 radical (unpaired) electrons. The Balaban J connectivity index is 3.00. The molecule has 1 rings (SSSR count). The van der Waals surface area contributed by atoms with Gasteiger partial charge in [0.15, 0.2) is 5.78 Å². The highest BCUT2D eigenvalue weighted by Gasteiger charge is 2.33. The van der Waals surface area contributed by atoms with Gasteiger partial charge in [0.25, 0.3) is 0 Å². The molecule has 0 aromatic carbocycles. The largest absolute Gasteiger partial charge is 0.443 e. The maximum atomic E-state index is 12.2. The third-order valence-electron chi connectivity index (χ3n) is 2.85. The molecule has 1 aliphatic carbocycles. The minimum absolute atomic E-state index is 0.0156. The van der Waals surface area contributed by atoms with Crippen molar-refractivity contribution in [2.75, 3.05) is 6.54 Å². The van der Waals surface area contributed by atoms with Gasteiger partial charge in [-0.15, -0.1) is 6.42 Å². The lowest BCUT2D eigenvalue weighted by molar-refractivity contribution is -0.117. The summed E-state index contributed by atoms with van der Waals surface area (Å²) < 4.78 is 5.35. The van der Waals surface area contributed by atoms with E-state index < -0.39 is 11.7 Å². The van der Waals surface area contributed by atoms with Crippen LogP contribution in [0, 0.1) is 17.8 Å². The molecule has 0 aromatic heterocycles. The maximum Gasteiger partial charge on any atom is 0.415 e. The molecule has 0 heterocycles. The summed E-state index contributed by atoms with van der Waals surface area (Å²) in [4.78, 5) is 25.4. The Morgan fingerprint density at radius 1 is 1.45 bits per heavy atom. The minimum Gasteiger partial charge on any atom is -0.443 e. The van der Waals surface area contributed by atoms with Crippen LogP contribution in [0.2, 0.25) is 0 Å². The van der Waals surface area contributed by atoms with Crippen LogP contribution in [0.5, 0.6) is 0 Å². The molecule has 0 aliphatic heterocycles. The van der Waals surface area contributed by atoms with Crippen LogP contribution >= 0.6 is 0 Å². The van der Waals surface area contributed by atoms with Crippen molar-refractivity contribution in [2.45, 2.75) is 53.1 Å². The van der Waals surface area contributed by atoms with Gasteiger partial charge in [0.1, 0.15) is 5.60 Å². The maximum absolute atomic E-state index is 12.2. The SMILES string of the molecule is C#CCN(C(=O)OC(C)(C)C)C1=CC(=O)CC(C)(C)C1. The lowest BCUT2D eigenvalue weighted by Gasteiger charge is -2.34. The van der Waals surface area contributed by atoms with Gasteiger partial charge in [0, 0.05) is 18.2 Å². The molecule has 0 N–H and O–H groups in total. The van der Waals surface area contributed by atoms with Gasteiger partial charge in [-0.3, -0.25) is 9.69 Å². The number of ether oxygens (including phenoxy) is 1. The molecular weight excluding hydrogens is 254 g/mol. The first kappa shape index (κ1) is 16.3. The topological polar surface area (TPSA) is 46.6 Å². The van der Waals surface area contributed by atoms with E-state index in [0.29, 0.717) is 18.5 Å². The summed E-state index contributed by atoms with van der Waals surface area (Å²) >= 11 is 0. The van der Waals surface area contributed by atoms with E-state index in [0.717, 1.165) is 0 Å². The highest BCUT2D eigenvalue weighted by molar-refractivity contribution is 5.92. The summed E-state index contributed by atoms with van der Waals surface area (Å²) in [6.45, 7) is 9.49. The van der Waals surface area contributed by atoms with Gasteiger partial charge in [0.05, 0.1) is 6.54 Å². The molecule has 0 bridgehead atoms. The normalized spacial score (nSPS) is 18.0. The average molecular weight is 277 g/mol. The van der Waals surface area contributed by atoms with E-state index in [1.54, 1.807) is 20.8 Å². The van der Waals surface area contributed by atoms with Gasteiger partial charge in [-0.2, -0.15) is 0 Å². The summed E-state index contributed by atoms with van der Waals surface area (Å²) in [6.07, 6.45) is 7.43. The predicted molar refractivity (Wildman–Crippen MR) is 77.9 cm³/mol. The van der Waals surface area contributed by atoms with E-state index in [4.69, 9.17) is 11.2 Å². The molecule has 4 heteroatoms. The summed E-state index contributed by atoms with van der Waals surface area (Å²) in [7, 11) is 0. The summed E-state index contributed by atoms with van der Waals surface area (Å²) in [5.41, 5.74) is -0.132. The van der Waals surface area contributed by atoms with Crippen LogP contribution in [0.25, 0.3) is 0 Å². The van der Waals surface area contributed by atoms with E-state index in [1.807, 2.05) is 13.8 Å². The Kier molecular flexibility index (Phi) is 4.65. The lowest BCUT2D eigenvalue weighted by Crippen LogP contribution is -2.39. The molecule has 0 spiro atoms. The van der Waals surface area contributed by atoms with E-state index in [2.05, 4.69) is 5.92 Å². The molecule has 0 fully saturated rings. The van der Waals surface area contributed by atoms with Gasteiger partial charge in [0.2, 0.25) is 0 Å². The Morgan fingerprint density at radius 2 is 2.05 bits per heavy atom. The molecule has 0 saturated carbocycles. The molecule has 1 aliphatic rings. The quantitative estimate of drug-likeness (QED) is 0.728. The number of nitrogens with zero attached hydrogens (tertiary/aromatic N) is 1. The van der Waals surface area contributed by atoms with E-state index in [-0.39, 0.29) is 17.7 Å². The number of carbonyl (C=O) groups is 2. The van der Waals surface area contributed by atoms with E-state index >= 15 is 0 Å². The Hall–Kier alpha value is -1.76. The number of hydrogen-bond donors (Lipinski definition) is 0. The van der Waals surface area contributed by atoms with E-state index in [1.165, 1.54) is 11.0 Å². The van der Waals surface area contributed by atoms with Crippen molar-refractivity contribution in [3.63, 3.8) is 0 Å². The zero-order valence-electron chi connectivity index (χ0n) is 12.9. The molecule has 0 atom stereocenters. The van der Waals surface area contributed by atoms with Crippen molar-refractivity contribution in [3.05, 3.63) is 11.8 Å². The standard InChI is InChI=1S/C16H23NO3/c1-7-8-17(14(19)20-15(2,3)4)12-9-13(18)11-16(5,6)10-12/h1,9H,8,10-11H2,2-6H3. The summed E-state index contributed by atoms with van der Waals surface area (Å²) in [5, 5.41) is 0. The van der Waals surface area contributed by atoms with Crippen molar-refractivity contribution in [3.8, 4) is 12.3 Å². The van der Waals surface area contributed by atoms with Gasteiger partial charge in [-0.1, -0.05) is 19.8 Å². The molecule has 110 valence electrons. The first-order chi connectivity index (χ1) is 9.04. The van der Waals surface area contributed by atoms with Crippen molar-refractivity contribution in [2.24, 2.45) is 5.41 Å². The van der Waals surface area contributed by atoms with Crippen LogP contribution in [0.15, 0.2) is 11.8 Å². The number of rotatable bonds is 2. The fraction of sp³-hybridized carbons (Fsp3) is 0.625. The van der Waals surface area contributed by atoms with Crippen LogP contribution in [0.1, 0.15) is 47.5 Å². The molecular formula is C16H23NO3. The van der Waals surface area contributed by atoms with Gasteiger partial charge in [-0.25, -0.2) is 4.79 Å². The van der Waals surface area contributed by atoms with Gasteiger partial charge < -0.3 is 4.74 Å². The fourth-order valence-corrected chi connectivity index (χ4v) is 2.18. The van der Waals surface area contributed by atoms with Crippen LogP contribution in [0.4, 0.5) is 4.79 Å². The Morgan fingerprint density at radius 3 is 2.50 bits per heavy atom. The number of hydrogen-bond acceptors (Lipinski definition) is 3. The minimum atomic E-state index is -0.599. The number of allylic oxidation sites excluding steroid dienone is 2. The van der Waals surface area contributed by atoms with Crippen LogP contribution in [0.3, 0.4) is 0 Å². The number of carbonyl (C=O) groups excluding carboxylic acids is 2. The van der Waals surface area contributed by atoms with Crippen LogP contribution in [-0.2, 0) is 9.53 Å². The second kappa shape index (κ2) is 5.70. The average Bonchev–Trinajstić information content (AvgIpc) is 2.19. The summed E-state index contributed by atoms with van der Waals surface area (Å²) in [6, 6.07) is 0. The van der Waals surface area contributed by atoms with Gasteiger partial charge >= 0.3 is 6.09 Å². The smallest absolute Gasteiger partial charge is 0.415 e. The Bertz CT molecular complexity index is 475. The first-order valence-corrected chi connectivity index (χ1v) is 6.71. The number of terminal acetylenes is 1. The first-order valence-electron chi connectivity index (χ1n) is 6.71. The number of amides is 1. The van der Waals surface area contributed by atoms with Crippen molar-refractivity contribution in [1.82, 2.24) is 4.90 Å². The second-order valence-electron chi connectivity index (χ2n) is 6.89. The molecule has 4 nitrogen and oxygen atoms in total. The molecule has 20 heavy (non-hydrogen) atoms. The summed E-state index contributed by atoms with van der Waals surface area (Å²) in [5.74, 6) is 2.46. The van der Waals surface area contributed by atoms with Crippen molar-refractivity contribution < 1.29 is 14.3 Å². The number of ketones is 1. The third-order valence-corrected chi connectivity index (χ3v) is 2.85. The third kappa shape index (κ3) is 4.73. The molecule has 0 aromatic rings. The Labute approximate surface area is 121 Å². The highest BCUT2D eigenvalue weighted by atomic mass is 16.6. The molecule has 0 saturated heterocycles. The zero-order valence-corrected chi connectivity index (χ0v) is 12.9. The van der Waals surface area contributed by atoms with Crippen molar-refractivity contribution >= 4 is 11.9 Å². The zero-order chi connectivity index (χ0) is 15.6. The molecule has 1 amide bonds. The van der Waals surface area contributed by atoms with Crippen molar-refractivity contribution in [1.29, 1.82) is 0 Å². The van der Waals surface area contributed by atoms with Crippen LogP contribution < -0.4 is 0 Å². The monoisotopic (exact) mass is 277 g/mol. The predicted octanol–water partition coefficient (Wildman–Crippen LogP) is 3.13. The lowest BCUT2D eigenvalue weighted by atomic mass is 9.78. The molecule has 0 unspecified atom stereocenters. The van der Waals surface area contributed by atoms with Crippen LogP contribution in [-0.4, -0.2) is 28.9 Å². The highest BCUT2D eigenvalue weighted by Crippen LogP contribution is 2.35. The fourth-order valence-electron chi connectivity index (χ4n) is 2.18. The van der Waals surface area contributed by atoms with E-state index in [9.17, 15) is 9.59 Å².